The minimum Gasteiger partial charge on any atom is -0.192 e. The third-order valence-electron chi connectivity index (χ3n) is 2.48. The van der Waals surface area contributed by atoms with Crippen LogP contribution in [-0.2, 0) is 0 Å². The highest BCUT2D eigenvalue weighted by molar-refractivity contribution is 8.14. The van der Waals surface area contributed by atoms with Crippen LogP contribution in [0.1, 0.15) is 17.9 Å². The molecule has 0 bridgehead atoms. The summed E-state index contributed by atoms with van der Waals surface area (Å²) in [6.07, 6.45) is 3.60. The molecule has 0 spiro atoms. The van der Waals surface area contributed by atoms with Crippen molar-refractivity contribution in [3.63, 3.8) is 0 Å². The summed E-state index contributed by atoms with van der Waals surface area (Å²) in [5.74, 6) is 4.92. The Morgan fingerprint density at radius 3 is 2.50 bits per heavy atom. The second-order valence-electron chi connectivity index (χ2n) is 3.48. The van der Waals surface area contributed by atoms with Crippen LogP contribution in [0.3, 0.4) is 0 Å². The second kappa shape index (κ2) is 3.06. The van der Waals surface area contributed by atoms with Gasteiger partial charge in [-0.1, -0.05) is 36.2 Å². The Hall–Kier alpha value is -0.560. The lowest BCUT2D eigenvalue weighted by Crippen LogP contribution is -1.83. The lowest BCUT2D eigenvalue weighted by molar-refractivity contribution is 1.14. The van der Waals surface area contributed by atoms with E-state index in [9.17, 15) is 0 Å². The maximum Gasteiger partial charge on any atom is 0.00647 e. The average molecular weight is 178 g/mol. The molecule has 1 aliphatic rings. The largest absolute Gasteiger partial charge is 0.192 e. The van der Waals surface area contributed by atoms with Crippen LogP contribution in [0.4, 0.5) is 0 Å². The van der Waals surface area contributed by atoms with Gasteiger partial charge in [-0.3, -0.25) is 0 Å². The van der Waals surface area contributed by atoms with Gasteiger partial charge < -0.3 is 0 Å². The third-order valence-corrected chi connectivity index (χ3v) is 4.03. The number of hydrogen-bond acceptors (Lipinski definition) is 0. The van der Waals surface area contributed by atoms with Gasteiger partial charge in [-0.15, -0.1) is 0 Å². The molecule has 3 atom stereocenters. The van der Waals surface area contributed by atoms with Crippen molar-refractivity contribution in [2.24, 2.45) is 0 Å². The monoisotopic (exact) mass is 178 g/mol. The van der Waals surface area contributed by atoms with E-state index in [-0.39, 0.29) is 0 Å². The topological polar surface area (TPSA) is 0 Å². The van der Waals surface area contributed by atoms with Gasteiger partial charge in [0.05, 0.1) is 0 Å². The summed E-state index contributed by atoms with van der Waals surface area (Å²) in [6, 6.07) is 10.8. The Kier molecular flexibility index (Phi) is 2.05. The van der Waals surface area contributed by atoms with E-state index < -0.39 is 0 Å². The predicted octanol–water partition coefficient (Wildman–Crippen LogP) is 2.87. The Balaban J connectivity index is 2.11. The molecule has 1 aliphatic carbocycles. The van der Waals surface area contributed by atoms with E-state index in [1.165, 1.54) is 12.0 Å². The molecule has 2 rings (SSSR count). The number of rotatable bonds is 2. The van der Waals surface area contributed by atoms with Gasteiger partial charge in [0.15, 0.2) is 0 Å². The van der Waals surface area contributed by atoms with Gasteiger partial charge in [-0.05, 0) is 24.2 Å². The fourth-order valence-electron chi connectivity index (χ4n) is 1.67. The summed E-state index contributed by atoms with van der Waals surface area (Å²) in [7, 11) is 0.363. The van der Waals surface area contributed by atoms with Gasteiger partial charge in [-0.25, -0.2) is 0 Å². The molecular weight excluding hydrogens is 164 g/mol. The summed E-state index contributed by atoms with van der Waals surface area (Å²) >= 11 is 0. The van der Waals surface area contributed by atoms with Crippen LogP contribution in [-0.4, -0.2) is 17.4 Å². The molecule has 12 heavy (non-hydrogen) atoms. The van der Waals surface area contributed by atoms with E-state index in [1.807, 2.05) is 0 Å². The van der Waals surface area contributed by atoms with E-state index in [2.05, 4.69) is 42.5 Å². The fourth-order valence-corrected chi connectivity index (χ4v) is 2.92. The van der Waals surface area contributed by atoms with Gasteiger partial charge in [0, 0.05) is 5.25 Å². The Labute approximate surface area is 76.5 Å². The van der Waals surface area contributed by atoms with Crippen molar-refractivity contribution in [2.45, 2.75) is 17.6 Å². The fraction of sp³-hybridized carbons (Fsp3) is 0.364. The molecule has 0 radical (unpaired) electrons. The molecule has 0 heterocycles. The first-order chi connectivity index (χ1) is 5.79. The minimum absolute atomic E-state index is 0.363. The molecule has 0 aliphatic heterocycles. The van der Waals surface area contributed by atoms with Crippen molar-refractivity contribution >= 4 is 16.4 Å². The molecule has 1 fully saturated rings. The second-order valence-corrected chi connectivity index (χ2v) is 5.47. The van der Waals surface area contributed by atoms with Gasteiger partial charge in [0.2, 0.25) is 0 Å². The van der Waals surface area contributed by atoms with Crippen LogP contribution in [0.5, 0.6) is 0 Å². The summed E-state index contributed by atoms with van der Waals surface area (Å²) in [5, 5.41) is 0.868. The first kappa shape index (κ1) is 8.06. The Morgan fingerprint density at radius 1 is 1.33 bits per heavy atom. The molecule has 1 saturated carbocycles. The van der Waals surface area contributed by atoms with E-state index in [4.69, 9.17) is 0 Å². The quantitative estimate of drug-likeness (QED) is 0.611. The molecule has 64 valence electrons. The predicted molar refractivity (Wildman–Crippen MR) is 58.2 cm³/mol. The Morgan fingerprint density at radius 2 is 2.00 bits per heavy atom. The molecule has 3 unspecified atom stereocenters. The van der Waals surface area contributed by atoms with E-state index in [0.29, 0.717) is 10.5 Å². The highest BCUT2D eigenvalue weighted by atomic mass is 32.2. The van der Waals surface area contributed by atoms with Gasteiger partial charge >= 0.3 is 0 Å². The van der Waals surface area contributed by atoms with E-state index in [1.54, 1.807) is 0 Å². The highest BCUT2D eigenvalue weighted by Gasteiger charge is 2.38. The maximum absolute atomic E-state index is 4.10. The first-order valence-corrected chi connectivity index (χ1v) is 6.15. The summed E-state index contributed by atoms with van der Waals surface area (Å²) < 4.78 is 0. The zero-order chi connectivity index (χ0) is 8.55. The molecule has 0 N–H and O–H groups in total. The maximum atomic E-state index is 4.10. The van der Waals surface area contributed by atoms with Crippen molar-refractivity contribution in [2.75, 3.05) is 6.26 Å². The van der Waals surface area contributed by atoms with Crippen LogP contribution in [0.2, 0.25) is 0 Å². The van der Waals surface area contributed by atoms with Crippen LogP contribution in [0.25, 0.3) is 0 Å². The van der Waals surface area contributed by atoms with Crippen molar-refractivity contribution in [1.29, 1.82) is 0 Å². The molecular formula is C11H14S. The van der Waals surface area contributed by atoms with Crippen molar-refractivity contribution < 1.29 is 0 Å². The third kappa shape index (κ3) is 1.46. The van der Waals surface area contributed by atoms with Crippen molar-refractivity contribution in [1.82, 2.24) is 0 Å². The molecule has 0 nitrogen and oxygen atoms in total. The lowest BCUT2D eigenvalue weighted by atomic mass is 10.1. The van der Waals surface area contributed by atoms with Crippen LogP contribution < -0.4 is 0 Å². The zero-order valence-electron chi connectivity index (χ0n) is 7.36. The smallest absolute Gasteiger partial charge is 0.00647 e. The van der Waals surface area contributed by atoms with Gasteiger partial charge in [-0.2, -0.15) is 10.5 Å². The Bertz CT molecular complexity index is 289. The number of benzene rings is 1. The molecule has 0 amide bonds. The SMILES string of the molecule is C=S(C)C1CC1c1ccccc1. The average Bonchev–Trinajstić information content (AvgIpc) is 2.84. The summed E-state index contributed by atoms with van der Waals surface area (Å²) in [6.45, 7) is 0. The van der Waals surface area contributed by atoms with Crippen molar-refractivity contribution in [3.05, 3.63) is 35.9 Å². The lowest BCUT2D eigenvalue weighted by Gasteiger charge is -1.99. The molecule has 1 aromatic carbocycles. The van der Waals surface area contributed by atoms with Crippen LogP contribution in [0, 0.1) is 0 Å². The number of hydrogen-bond donors (Lipinski definition) is 0. The zero-order valence-corrected chi connectivity index (χ0v) is 8.18. The molecule has 1 heteroatoms. The summed E-state index contributed by atoms with van der Waals surface area (Å²) in [5.41, 5.74) is 1.51. The highest BCUT2D eigenvalue weighted by Crippen LogP contribution is 2.50. The van der Waals surface area contributed by atoms with E-state index >= 15 is 0 Å². The normalized spacial score (nSPS) is 29.8. The standard InChI is InChI=1S/C11H14S/c1-12(2)11-8-10(11)9-6-4-3-5-7-9/h3-7,10-11H,1,8H2,2H3. The molecule has 1 aromatic rings. The van der Waals surface area contributed by atoms with Crippen LogP contribution >= 0.6 is 10.5 Å². The molecule has 0 aromatic heterocycles. The van der Waals surface area contributed by atoms with E-state index in [0.717, 1.165) is 11.2 Å². The van der Waals surface area contributed by atoms with Gasteiger partial charge in [0.1, 0.15) is 0 Å². The first-order valence-electron chi connectivity index (χ1n) is 4.28. The van der Waals surface area contributed by atoms with Crippen LogP contribution in [0.15, 0.2) is 30.3 Å². The van der Waals surface area contributed by atoms with Gasteiger partial charge in [0.25, 0.3) is 0 Å². The summed E-state index contributed by atoms with van der Waals surface area (Å²) in [4.78, 5) is 0. The molecule has 0 saturated heterocycles. The van der Waals surface area contributed by atoms with Crippen molar-refractivity contribution in [3.8, 4) is 0 Å². The minimum atomic E-state index is 0.363.